The first-order valence-corrected chi connectivity index (χ1v) is 8.75. The first kappa shape index (κ1) is 15.0. The molecule has 0 atom stereocenters. The number of nitrogens with two attached hydrogens (primary N) is 1. The molecule has 0 radical (unpaired) electrons. The summed E-state index contributed by atoms with van der Waals surface area (Å²) in [6.07, 6.45) is 0.425. The lowest BCUT2D eigenvalue weighted by atomic mass is 10.3. The normalized spacial score (nSPS) is 11.7. The van der Waals surface area contributed by atoms with E-state index in [1.54, 1.807) is 0 Å². The van der Waals surface area contributed by atoms with Crippen LogP contribution in [0.3, 0.4) is 0 Å². The second kappa shape index (κ2) is 6.38. The first-order chi connectivity index (χ1) is 9.54. The SMILES string of the molecule is CCOc1ccc2nc(NS(=O)(=O)CCCN)sc2c1. The lowest BCUT2D eigenvalue weighted by Crippen LogP contribution is -2.18. The van der Waals surface area contributed by atoms with Gasteiger partial charge in [-0.25, -0.2) is 13.4 Å². The highest BCUT2D eigenvalue weighted by molar-refractivity contribution is 7.92. The Balaban J connectivity index is 2.19. The maximum atomic E-state index is 11.8. The van der Waals surface area contributed by atoms with Crippen molar-refractivity contribution in [2.75, 3.05) is 23.6 Å². The van der Waals surface area contributed by atoms with E-state index >= 15 is 0 Å². The smallest absolute Gasteiger partial charge is 0.234 e. The molecule has 0 unspecified atom stereocenters. The Bertz CT molecular complexity index is 682. The first-order valence-electron chi connectivity index (χ1n) is 6.28. The molecule has 6 nitrogen and oxygen atoms in total. The van der Waals surface area contributed by atoms with Crippen molar-refractivity contribution >= 4 is 36.7 Å². The van der Waals surface area contributed by atoms with E-state index in [9.17, 15) is 8.42 Å². The number of aromatic nitrogens is 1. The summed E-state index contributed by atoms with van der Waals surface area (Å²) < 4.78 is 32.3. The van der Waals surface area contributed by atoms with Crippen LogP contribution in [0.1, 0.15) is 13.3 Å². The Labute approximate surface area is 122 Å². The Kier molecular flexibility index (Phi) is 4.79. The predicted octanol–water partition coefficient (Wildman–Crippen LogP) is 1.79. The van der Waals surface area contributed by atoms with E-state index in [-0.39, 0.29) is 5.75 Å². The van der Waals surface area contributed by atoms with Gasteiger partial charge in [-0.1, -0.05) is 11.3 Å². The van der Waals surface area contributed by atoms with Crippen LogP contribution >= 0.6 is 11.3 Å². The zero-order valence-electron chi connectivity index (χ0n) is 11.1. The van der Waals surface area contributed by atoms with E-state index in [2.05, 4.69) is 9.71 Å². The number of hydrogen-bond donors (Lipinski definition) is 2. The molecule has 0 aliphatic heterocycles. The third-order valence-corrected chi connectivity index (χ3v) is 4.92. The lowest BCUT2D eigenvalue weighted by molar-refractivity contribution is 0.341. The van der Waals surface area contributed by atoms with Gasteiger partial charge in [-0.3, -0.25) is 4.72 Å². The van der Waals surface area contributed by atoms with Gasteiger partial charge in [0.1, 0.15) is 5.75 Å². The van der Waals surface area contributed by atoms with Gasteiger partial charge in [0, 0.05) is 0 Å². The second-order valence-corrected chi connectivity index (χ2v) is 7.02. The fourth-order valence-electron chi connectivity index (χ4n) is 1.66. The average molecular weight is 315 g/mol. The number of rotatable bonds is 7. The van der Waals surface area contributed by atoms with E-state index in [1.807, 2.05) is 25.1 Å². The highest BCUT2D eigenvalue weighted by Crippen LogP contribution is 2.29. The number of benzene rings is 1. The van der Waals surface area contributed by atoms with Crippen LogP contribution in [0.15, 0.2) is 18.2 Å². The highest BCUT2D eigenvalue weighted by atomic mass is 32.2. The molecule has 0 bridgehead atoms. The van der Waals surface area contributed by atoms with Crippen LogP contribution in [-0.2, 0) is 10.0 Å². The Morgan fingerprint density at radius 2 is 2.25 bits per heavy atom. The Hall–Kier alpha value is -1.38. The van der Waals surface area contributed by atoms with Crippen molar-refractivity contribution in [3.8, 4) is 5.75 Å². The molecule has 0 fully saturated rings. The number of anilines is 1. The molecule has 110 valence electrons. The summed E-state index contributed by atoms with van der Waals surface area (Å²) in [6, 6.07) is 5.49. The van der Waals surface area contributed by atoms with Crippen LogP contribution in [0.25, 0.3) is 10.2 Å². The van der Waals surface area contributed by atoms with E-state index in [0.717, 1.165) is 16.0 Å². The van der Waals surface area contributed by atoms with Crippen LogP contribution in [0.2, 0.25) is 0 Å². The Morgan fingerprint density at radius 3 is 2.95 bits per heavy atom. The van der Waals surface area contributed by atoms with Gasteiger partial charge in [0.25, 0.3) is 0 Å². The maximum Gasteiger partial charge on any atom is 0.234 e. The summed E-state index contributed by atoms with van der Waals surface area (Å²) in [4.78, 5) is 4.25. The fraction of sp³-hybridized carbons (Fsp3) is 0.417. The summed E-state index contributed by atoms with van der Waals surface area (Å²) in [7, 11) is -3.38. The third-order valence-electron chi connectivity index (χ3n) is 2.53. The van der Waals surface area contributed by atoms with Crippen molar-refractivity contribution in [1.82, 2.24) is 4.98 Å². The lowest BCUT2D eigenvalue weighted by Gasteiger charge is -2.02. The highest BCUT2D eigenvalue weighted by Gasteiger charge is 2.13. The van der Waals surface area contributed by atoms with Crippen LogP contribution in [-0.4, -0.2) is 32.3 Å². The monoisotopic (exact) mass is 315 g/mol. The standard InChI is InChI=1S/C12H17N3O3S2/c1-2-18-9-4-5-10-11(8-9)19-12(14-10)15-20(16,17)7-3-6-13/h4-5,8H,2-3,6-7,13H2,1H3,(H,14,15). The molecule has 1 aromatic heterocycles. The second-order valence-electron chi connectivity index (χ2n) is 4.14. The van der Waals surface area contributed by atoms with Crippen LogP contribution in [0.5, 0.6) is 5.75 Å². The number of sulfonamides is 1. The number of ether oxygens (including phenoxy) is 1. The number of fused-ring (bicyclic) bond motifs is 1. The molecule has 0 amide bonds. The zero-order chi connectivity index (χ0) is 14.6. The summed E-state index contributed by atoms with van der Waals surface area (Å²) in [6.45, 7) is 2.84. The zero-order valence-corrected chi connectivity index (χ0v) is 12.8. The van der Waals surface area contributed by atoms with Gasteiger partial charge in [-0.2, -0.15) is 0 Å². The molecule has 8 heteroatoms. The molecule has 3 N–H and O–H groups in total. The molecule has 1 heterocycles. The minimum absolute atomic E-state index is 0.00359. The number of nitrogens with zero attached hydrogens (tertiary/aromatic N) is 1. The summed E-state index contributed by atoms with van der Waals surface area (Å²) >= 11 is 1.28. The molecule has 0 saturated heterocycles. The number of hydrogen-bond acceptors (Lipinski definition) is 6. The number of nitrogens with one attached hydrogen (secondary N) is 1. The summed E-state index contributed by atoms with van der Waals surface area (Å²) in [5, 5.41) is 0.366. The van der Waals surface area contributed by atoms with Gasteiger partial charge in [0.2, 0.25) is 10.0 Å². The quantitative estimate of drug-likeness (QED) is 0.812. The molecule has 1 aromatic carbocycles. The molecule has 2 rings (SSSR count). The van der Waals surface area contributed by atoms with E-state index in [4.69, 9.17) is 10.5 Å². The topological polar surface area (TPSA) is 94.3 Å². The van der Waals surface area contributed by atoms with Crippen LogP contribution < -0.4 is 15.2 Å². The van der Waals surface area contributed by atoms with Crippen molar-refractivity contribution in [3.05, 3.63) is 18.2 Å². The molecule has 0 aliphatic rings. The minimum atomic E-state index is -3.38. The molecular weight excluding hydrogens is 298 g/mol. The van der Waals surface area contributed by atoms with Crippen molar-refractivity contribution in [1.29, 1.82) is 0 Å². The van der Waals surface area contributed by atoms with Crippen molar-refractivity contribution in [2.24, 2.45) is 5.73 Å². The van der Waals surface area contributed by atoms with Gasteiger partial charge >= 0.3 is 0 Å². The van der Waals surface area contributed by atoms with Crippen LogP contribution in [0.4, 0.5) is 5.13 Å². The van der Waals surface area contributed by atoms with E-state index < -0.39 is 10.0 Å². The van der Waals surface area contributed by atoms with Gasteiger partial charge in [0.15, 0.2) is 5.13 Å². The predicted molar refractivity (Wildman–Crippen MR) is 81.9 cm³/mol. The fourth-order valence-corrected chi connectivity index (χ4v) is 3.92. The Morgan fingerprint density at radius 1 is 1.45 bits per heavy atom. The number of thiazole rings is 1. The summed E-state index contributed by atoms with van der Waals surface area (Å²) in [5.41, 5.74) is 6.06. The van der Waals surface area contributed by atoms with Gasteiger partial charge in [-0.15, -0.1) is 0 Å². The average Bonchev–Trinajstić information content (AvgIpc) is 2.77. The van der Waals surface area contributed by atoms with Gasteiger partial charge < -0.3 is 10.5 Å². The van der Waals surface area contributed by atoms with E-state index in [1.165, 1.54) is 11.3 Å². The largest absolute Gasteiger partial charge is 0.494 e. The van der Waals surface area contributed by atoms with Crippen molar-refractivity contribution < 1.29 is 13.2 Å². The molecule has 0 aliphatic carbocycles. The van der Waals surface area contributed by atoms with E-state index in [0.29, 0.717) is 24.7 Å². The summed E-state index contributed by atoms with van der Waals surface area (Å²) in [5.74, 6) is 0.755. The third kappa shape index (κ3) is 3.81. The van der Waals surface area contributed by atoms with Gasteiger partial charge in [0.05, 0.1) is 22.6 Å². The molecule has 20 heavy (non-hydrogen) atoms. The molecular formula is C12H17N3O3S2. The van der Waals surface area contributed by atoms with Crippen molar-refractivity contribution in [2.45, 2.75) is 13.3 Å². The van der Waals surface area contributed by atoms with Gasteiger partial charge in [-0.05, 0) is 38.1 Å². The molecule has 0 spiro atoms. The maximum absolute atomic E-state index is 11.8. The molecule has 0 saturated carbocycles. The molecule has 2 aromatic rings. The van der Waals surface area contributed by atoms with Crippen molar-refractivity contribution in [3.63, 3.8) is 0 Å². The minimum Gasteiger partial charge on any atom is -0.494 e. The van der Waals surface area contributed by atoms with Crippen LogP contribution in [0, 0.1) is 0 Å².